The van der Waals surface area contributed by atoms with E-state index in [9.17, 15) is 4.39 Å². The first-order valence-corrected chi connectivity index (χ1v) is 8.84. The molecule has 0 radical (unpaired) electrons. The van der Waals surface area contributed by atoms with Crippen LogP contribution in [0.4, 0.5) is 4.39 Å². The first-order valence-electron chi connectivity index (χ1n) is 8.84. The number of hydrogen-bond acceptors (Lipinski definition) is 3. The molecule has 1 fully saturated rings. The van der Waals surface area contributed by atoms with E-state index in [4.69, 9.17) is 9.72 Å². The third-order valence-corrected chi connectivity index (χ3v) is 4.69. The zero-order valence-corrected chi connectivity index (χ0v) is 14.2. The molecule has 0 spiro atoms. The molecule has 0 aliphatic carbocycles. The van der Waals surface area contributed by atoms with E-state index in [2.05, 4.69) is 21.6 Å². The van der Waals surface area contributed by atoms with E-state index < -0.39 is 0 Å². The van der Waals surface area contributed by atoms with Crippen molar-refractivity contribution in [1.82, 2.24) is 14.5 Å². The predicted octanol–water partition coefficient (Wildman–Crippen LogP) is 3.85. The summed E-state index contributed by atoms with van der Waals surface area (Å²) in [6, 6.07) is 14.4. The van der Waals surface area contributed by atoms with Gasteiger partial charge in [-0.2, -0.15) is 0 Å². The van der Waals surface area contributed by atoms with Crippen molar-refractivity contribution >= 4 is 11.0 Å². The second-order valence-corrected chi connectivity index (χ2v) is 6.45. The van der Waals surface area contributed by atoms with E-state index in [1.165, 1.54) is 25.0 Å². The number of halogens is 1. The lowest BCUT2D eigenvalue weighted by Crippen LogP contribution is -2.22. The van der Waals surface area contributed by atoms with Crippen LogP contribution in [0.25, 0.3) is 11.0 Å². The number of ether oxygens (including phenoxy) is 1. The maximum atomic E-state index is 13.0. The minimum absolute atomic E-state index is 0.249. The van der Waals surface area contributed by atoms with Gasteiger partial charge in [0.25, 0.3) is 0 Å². The van der Waals surface area contributed by atoms with Gasteiger partial charge < -0.3 is 9.30 Å². The highest BCUT2D eigenvalue weighted by molar-refractivity contribution is 5.75. The van der Waals surface area contributed by atoms with Crippen LogP contribution >= 0.6 is 0 Å². The van der Waals surface area contributed by atoms with Crippen LogP contribution in [0.15, 0.2) is 48.5 Å². The first-order chi connectivity index (χ1) is 12.3. The van der Waals surface area contributed by atoms with Gasteiger partial charge in [0.15, 0.2) is 0 Å². The van der Waals surface area contributed by atoms with Crippen LogP contribution in [0, 0.1) is 5.82 Å². The Morgan fingerprint density at radius 2 is 1.76 bits per heavy atom. The van der Waals surface area contributed by atoms with Gasteiger partial charge in [0, 0.05) is 0 Å². The topological polar surface area (TPSA) is 30.3 Å². The van der Waals surface area contributed by atoms with Crippen LogP contribution in [-0.2, 0) is 13.1 Å². The molecule has 0 unspecified atom stereocenters. The molecule has 0 amide bonds. The molecule has 25 heavy (non-hydrogen) atoms. The Kier molecular flexibility index (Phi) is 4.65. The van der Waals surface area contributed by atoms with Crippen molar-refractivity contribution in [2.24, 2.45) is 0 Å². The number of para-hydroxylation sites is 2. The fourth-order valence-electron chi connectivity index (χ4n) is 3.42. The van der Waals surface area contributed by atoms with Gasteiger partial charge in [-0.25, -0.2) is 9.37 Å². The molecule has 0 N–H and O–H groups in total. The molecule has 1 aromatic heterocycles. The van der Waals surface area contributed by atoms with Crippen molar-refractivity contribution < 1.29 is 9.13 Å². The Morgan fingerprint density at radius 3 is 2.56 bits per heavy atom. The van der Waals surface area contributed by atoms with Gasteiger partial charge in [0.05, 0.1) is 24.1 Å². The summed E-state index contributed by atoms with van der Waals surface area (Å²) in [5.74, 6) is 1.53. The third-order valence-electron chi connectivity index (χ3n) is 4.69. The molecule has 130 valence electrons. The highest BCUT2D eigenvalue weighted by atomic mass is 19.1. The average molecular weight is 339 g/mol. The molecule has 0 saturated carbocycles. The SMILES string of the molecule is Fc1ccc(OCCn2c(CN3CCCC3)nc3ccccc32)cc1. The molecular formula is C20H22FN3O. The van der Waals surface area contributed by atoms with E-state index >= 15 is 0 Å². The molecule has 0 bridgehead atoms. The average Bonchev–Trinajstić information content (AvgIpc) is 3.25. The smallest absolute Gasteiger partial charge is 0.124 e. The van der Waals surface area contributed by atoms with Gasteiger partial charge in [-0.15, -0.1) is 0 Å². The minimum Gasteiger partial charge on any atom is -0.492 e. The lowest BCUT2D eigenvalue weighted by atomic mass is 10.3. The van der Waals surface area contributed by atoms with Crippen LogP contribution in [0.3, 0.4) is 0 Å². The van der Waals surface area contributed by atoms with Crippen molar-refractivity contribution in [3.05, 3.63) is 60.2 Å². The molecule has 1 aliphatic rings. The number of rotatable bonds is 6. The van der Waals surface area contributed by atoms with Gasteiger partial charge in [-0.05, 0) is 62.3 Å². The fraction of sp³-hybridized carbons (Fsp3) is 0.350. The molecular weight excluding hydrogens is 317 g/mol. The monoisotopic (exact) mass is 339 g/mol. The van der Waals surface area contributed by atoms with E-state index in [0.717, 1.165) is 43.0 Å². The molecule has 5 heteroatoms. The molecule has 4 rings (SSSR count). The van der Waals surface area contributed by atoms with Gasteiger partial charge in [-0.3, -0.25) is 4.90 Å². The zero-order chi connectivity index (χ0) is 17.1. The van der Waals surface area contributed by atoms with Gasteiger partial charge in [0.2, 0.25) is 0 Å². The molecule has 3 aromatic rings. The summed E-state index contributed by atoms with van der Waals surface area (Å²) in [5.41, 5.74) is 2.16. The van der Waals surface area contributed by atoms with Crippen molar-refractivity contribution in [3.8, 4) is 5.75 Å². The lowest BCUT2D eigenvalue weighted by Gasteiger charge is -2.16. The summed E-state index contributed by atoms with van der Waals surface area (Å²) < 4.78 is 21.0. The van der Waals surface area contributed by atoms with Crippen LogP contribution in [-0.4, -0.2) is 34.1 Å². The normalized spacial score (nSPS) is 15.1. The Labute approximate surface area is 146 Å². The van der Waals surface area contributed by atoms with Crippen LogP contribution in [0.2, 0.25) is 0 Å². The molecule has 4 nitrogen and oxygen atoms in total. The Hall–Kier alpha value is -2.40. The Morgan fingerprint density at radius 1 is 1.00 bits per heavy atom. The predicted molar refractivity (Wildman–Crippen MR) is 96.1 cm³/mol. The zero-order valence-electron chi connectivity index (χ0n) is 14.2. The summed E-state index contributed by atoms with van der Waals surface area (Å²) in [7, 11) is 0. The number of hydrogen-bond donors (Lipinski definition) is 0. The first kappa shape index (κ1) is 16.1. The van der Waals surface area contributed by atoms with Crippen molar-refractivity contribution in [2.45, 2.75) is 25.9 Å². The number of benzene rings is 2. The van der Waals surface area contributed by atoms with Crippen molar-refractivity contribution in [1.29, 1.82) is 0 Å². The Bertz CT molecular complexity index is 838. The highest BCUT2D eigenvalue weighted by Gasteiger charge is 2.17. The van der Waals surface area contributed by atoms with Crippen LogP contribution < -0.4 is 4.74 Å². The van der Waals surface area contributed by atoms with E-state index in [-0.39, 0.29) is 5.82 Å². The van der Waals surface area contributed by atoms with Crippen molar-refractivity contribution in [2.75, 3.05) is 19.7 Å². The van der Waals surface area contributed by atoms with E-state index in [1.54, 1.807) is 12.1 Å². The molecule has 2 heterocycles. The van der Waals surface area contributed by atoms with E-state index in [0.29, 0.717) is 12.4 Å². The molecule has 1 aliphatic heterocycles. The van der Waals surface area contributed by atoms with Gasteiger partial charge in [-0.1, -0.05) is 12.1 Å². The number of fused-ring (bicyclic) bond motifs is 1. The summed E-state index contributed by atoms with van der Waals surface area (Å²) in [6.45, 7) is 4.43. The Balaban J connectivity index is 1.51. The van der Waals surface area contributed by atoms with Gasteiger partial charge >= 0.3 is 0 Å². The quantitative estimate of drug-likeness (QED) is 0.683. The van der Waals surface area contributed by atoms with Crippen molar-refractivity contribution in [3.63, 3.8) is 0 Å². The number of aromatic nitrogens is 2. The molecule has 1 saturated heterocycles. The second kappa shape index (κ2) is 7.23. The van der Waals surface area contributed by atoms with E-state index in [1.807, 2.05) is 12.1 Å². The lowest BCUT2D eigenvalue weighted by molar-refractivity contribution is 0.285. The number of likely N-dealkylation sites (tertiary alicyclic amines) is 1. The standard InChI is InChI=1S/C20H22FN3O/c21-16-7-9-17(10-8-16)25-14-13-24-19-6-2-1-5-18(19)22-20(24)15-23-11-3-4-12-23/h1-2,5-10H,3-4,11-15H2. The summed E-state index contributed by atoms with van der Waals surface area (Å²) >= 11 is 0. The molecule has 2 aromatic carbocycles. The largest absolute Gasteiger partial charge is 0.492 e. The highest BCUT2D eigenvalue weighted by Crippen LogP contribution is 2.19. The maximum Gasteiger partial charge on any atom is 0.124 e. The summed E-state index contributed by atoms with van der Waals surface area (Å²) in [5, 5.41) is 0. The van der Waals surface area contributed by atoms with Crippen LogP contribution in [0.5, 0.6) is 5.75 Å². The number of nitrogens with zero attached hydrogens (tertiary/aromatic N) is 3. The third kappa shape index (κ3) is 3.66. The fourth-order valence-corrected chi connectivity index (χ4v) is 3.42. The molecule has 0 atom stereocenters. The summed E-state index contributed by atoms with van der Waals surface area (Å²) in [6.07, 6.45) is 2.54. The minimum atomic E-state index is -0.249. The van der Waals surface area contributed by atoms with Gasteiger partial charge in [0.1, 0.15) is 24.0 Å². The maximum absolute atomic E-state index is 13.0. The number of imidazole rings is 1. The summed E-state index contributed by atoms with van der Waals surface area (Å²) in [4.78, 5) is 7.29. The second-order valence-electron chi connectivity index (χ2n) is 6.45. The van der Waals surface area contributed by atoms with Crippen LogP contribution in [0.1, 0.15) is 18.7 Å².